The fourth-order valence-electron chi connectivity index (χ4n) is 0.750. The number of nitrogens with zero attached hydrogens (tertiary/aromatic N) is 2. The van der Waals surface area contributed by atoms with E-state index < -0.39 is 0 Å². The summed E-state index contributed by atoms with van der Waals surface area (Å²) in [6, 6.07) is 0. The molecule has 6 heteroatoms. The molecule has 0 bridgehead atoms. The summed E-state index contributed by atoms with van der Waals surface area (Å²) in [5.74, 6) is -0.576. The molecule has 1 heterocycles. The predicted octanol–water partition coefficient (Wildman–Crippen LogP) is 0.588. The van der Waals surface area contributed by atoms with Crippen LogP contribution in [0, 0.1) is 0 Å². The third-order valence-electron chi connectivity index (χ3n) is 1.44. The lowest BCUT2D eigenvalue weighted by Crippen LogP contribution is -2.31. The Labute approximate surface area is 94.3 Å². The number of carbonyl (C=O) groups is 2. The van der Waals surface area contributed by atoms with Gasteiger partial charge in [0.05, 0.1) is 10.1 Å². The van der Waals surface area contributed by atoms with Crippen molar-refractivity contribution in [2.45, 2.75) is 0 Å². The lowest BCUT2D eigenvalue weighted by atomic mass is 10.5. The fourth-order valence-corrected chi connectivity index (χ4v) is 0.940. The minimum absolute atomic E-state index is 0.0583. The number of amides is 1. The molecule has 0 saturated heterocycles. The van der Waals surface area contributed by atoms with Crippen LogP contribution >= 0.6 is 22.6 Å². The first-order valence-corrected chi connectivity index (χ1v) is 4.83. The molecule has 1 amide bonds. The lowest BCUT2D eigenvalue weighted by Gasteiger charge is -2.02. The predicted molar refractivity (Wildman–Crippen MR) is 59.0 cm³/mol. The maximum atomic E-state index is 11.3. The molecule has 0 fully saturated rings. The normalized spacial score (nSPS) is 9.50. The zero-order chi connectivity index (χ0) is 10.6. The van der Waals surface area contributed by atoms with E-state index in [1.54, 1.807) is 22.6 Å². The van der Waals surface area contributed by atoms with Crippen molar-refractivity contribution in [1.29, 1.82) is 0 Å². The first-order valence-electron chi connectivity index (χ1n) is 3.75. The van der Waals surface area contributed by atoms with E-state index in [-0.39, 0.29) is 18.4 Å². The zero-order valence-corrected chi connectivity index (χ0v) is 9.39. The van der Waals surface area contributed by atoms with Gasteiger partial charge in [-0.2, -0.15) is 0 Å². The molecule has 0 spiro atoms. The molecule has 1 aromatic rings. The third-order valence-corrected chi connectivity index (χ3v) is 1.93. The average molecular weight is 305 g/mol. The highest BCUT2D eigenvalue weighted by atomic mass is 127. The molecule has 0 radical (unpaired) electrons. The Kier molecular flexibility index (Phi) is 3.81. The second-order valence-corrected chi connectivity index (χ2v) is 3.75. The monoisotopic (exact) mass is 305 g/mol. The van der Waals surface area contributed by atoms with Crippen LogP contribution in [0.25, 0.3) is 0 Å². The molecule has 1 N–H and O–H groups in total. The van der Waals surface area contributed by atoms with E-state index in [9.17, 15) is 9.59 Å². The van der Waals surface area contributed by atoms with E-state index in [4.69, 9.17) is 0 Å². The molecular weight excluding hydrogens is 297 g/mol. The molecule has 1 rings (SSSR count). The third kappa shape index (κ3) is 2.95. The van der Waals surface area contributed by atoms with Gasteiger partial charge in [0.2, 0.25) is 0 Å². The Morgan fingerprint density at radius 2 is 2.29 bits per heavy atom. The molecule has 74 valence electrons. The summed E-state index contributed by atoms with van der Waals surface area (Å²) < 4.78 is 1.65. The van der Waals surface area contributed by atoms with Crippen molar-refractivity contribution in [3.8, 4) is 0 Å². The van der Waals surface area contributed by atoms with Crippen molar-refractivity contribution < 1.29 is 9.59 Å². The van der Waals surface area contributed by atoms with Crippen LogP contribution in [0.5, 0.6) is 0 Å². The van der Waals surface area contributed by atoms with Crippen molar-refractivity contribution >= 4 is 34.4 Å². The molecule has 0 aliphatic carbocycles. The first kappa shape index (κ1) is 10.9. The minimum Gasteiger partial charge on any atom is -0.343 e. The summed E-state index contributed by atoms with van der Waals surface area (Å²) in [6.07, 6.45) is 4.40. The second kappa shape index (κ2) is 4.89. The van der Waals surface area contributed by atoms with Crippen LogP contribution in [-0.2, 0) is 4.79 Å². The van der Waals surface area contributed by atoms with Crippen LogP contribution in [0.1, 0.15) is 4.79 Å². The Balaban J connectivity index is 2.44. The molecule has 0 unspecified atom stereocenters. The summed E-state index contributed by atoms with van der Waals surface area (Å²) in [6.45, 7) is 3.38. The van der Waals surface area contributed by atoms with Crippen molar-refractivity contribution in [2.24, 2.45) is 0 Å². The van der Waals surface area contributed by atoms with E-state index in [0.717, 1.165) is 0 Å². The number of rotatable bonds is 3. The van der Waals surface area contributed by atoms with E-state index in [1.807, 2.05) is 0 Å². The summed E-state index contributed by atoms with van der Waals surface area (Å²) in [7, 11) is 0. The van der Waals surface area contributed by atoms with E-state index in [2.05, 4.69) is 16.9 Å². The van der Waals surface area contributed by atoms with Crippen molar-refractivity contribution in [1.82, 2.24) is 14.9 Å². The number of halogens is 1. The minimum atomic E-state index is -0.334. The topological polar surface area (TPSA) is 64.0 Å². The van der Waals surface area contributed by atoms with Gasteiger partial charge in [-0.15, -0.1) is 0 Å². The number of aromatic nitrogens is 2. The van der Waals surface area contributed by atoms with Gasteiger partial charge < -0.3 is 5.32 Å². The smallest absolute Gasteiger partial charge is 0.257 e. The standard InChI is InChI=1S/C8H8IN3O2/c1-6(9)8(14)11-4-7(13)12-3-2-10-5-12/h2-3,5H,1,4H2,(H,11,14). The maximum absolute atomic E-state index is 11.3. The van der Waals surface area contributed by atoms with Gasteiger partial charge >= 0.3 is 0 Å². The average Bonchev–Trinajstić information content (AvgIpc) is 2.66. The van der Waals surface area contributed by atoms with Gasteiger partial charge in [0.25, 0.3) is 11.8 Å². The van der Waals surface area contributed by atoms with Crippen LogP contribution in [0.3, 0.4) is 0 Å². The Hall–Kier alpha value is -1.18. The van der Waals surface area contributed by atoms with Gasteiger partial charge in [-0.1, -0.05) is 6.58 Å². The number of carbonyl (C=O) groups excluding carboxylic acids is 2. The Morgan fingerprint density at radius 1 is 1.57 bits per heavy atom. The first-order chi connectivity index (χ1) is 6.61. The van der Waals surface area contributed by atoms with Crippen LogP contribution in [-0.4, -0.2) is 27.9 Å². The summed E-state index contributed by atoms with van der Waals surface area (Å²) in [4.78, 5) is 26.0. The van der Waals surface area contributed by atoms with Crippen molar-refractivity contribution in [3.63, 3.8) is 0 Å². The molecule has 0 saturated carbocycles. The highest BCUT2D eigenvalue weighted by Gasteiger charge is 2.07. The quantitative estimate of drug-likeness (QED) is 0.656. The molecule has 0 atom stereocenters. The Morgan fingerprint density at radius 3 is 2.79 bits per heavy atom. The zero-order valence-electron chi connectivity index (χ0n) is 7.24. The van der Waals surface area contributed by atoms with Crippen LogP contribution < -0.4 is 5.32 Å². The van der Waals surface area contributed by atoms with E-state index >= 15 is 0 Å². The second-order valence-electron chi connectivity index (χ2n) is 2.45. The van der Waals surface area contributed by atoms with E-state index in [1.165, 1.54) is 23.3 Å². The summed E-state index contributed by atoms with van der Waals surface area (Å²) >= 11 is 1.79. The van der Waals surface area contributed by atoms with E-state index in [0.29, 0.717) is 3.58 Å². The molecule has 0 aliphatic heterocycles. The van der Waals surface area contributed by atoms with Gasteiger partial charge in [0.15, 0.2) is 0 Å². The van der Waals surface area contributed by atoms with Gasteiger partial charge in [0, 0.05) is 12.4 Å². The largest absolute Gasteiger partial charge is 0.343 e. The fraction of sp³-hybridized carbons (Fsp3) is 0.125. The number of imidazole rings is 1. The molecule has 5 nitrogen and oxygen atoms in total. The van der Waals surface area contributed by atoms with Crippen LogP contribution in [0.4, 0.5) is 0 Å². The number of hydrogen-bond donors (Lipinski definition) is 1. The van der Waals surface area contributed by atoms with Crippen molar-refractivity contribution in [2.75, 3.05) is 6.54 Å². The maximum Gasteiger partial charge on any atom is 0.257 e. The Bertz CT molecular complexity index is 359. The molecular formula is C8H8IN3O2. The van der Waals surface area contributed by atoms with Gasteiger partial charge in [-0.05, 0) is 22.6 Å². The van der Waals surface area contributed by atoms with Crippen molar-refractivity contribution in [3.05, 3.63) is 28.9 Å². The SMILES string of the molecule is C=C(I)C(=O)NCC(=O)n1ccnc1. The van der Waals surface area contributed by atoms with Crippen LogP contribution in [0.15, 0.2) is 28.9 Å². The van der Waals surface area contributed by atoms with Gasteiger partial charge in [0.1, 0.15) is 6.33 Å². The van der Waals surface area contributed by atoms with Gasteiger partial charge in [-0.3, -0.25) is 14.2 Å². The number of nitrogens with one attached hydrogen (secondary N) is 1. The molecule has 1 aromatic heterocycles. The molecule has 0 aromatic carbocycles. The molecule has 0 aliphatic rings. The summed E-state index contributed by atoms with van der Waals surface area (Å²) in [5, 5.41) is 2.43. The molecule has 14 heavy (non-hydrogen) atoms. The highest BCUT2D eigenvalue weighted by Crippen LogP contribution is 1.99. The summed E-state index contributed by atoms with van der Waals surface area (Å²) in [5.41, 5.74) is 0. The number of hydrogen-bond acceptors (Lipinski definition) is 3. The lowest BCUT2D eigenvalue weighted by molar-refractivity contribution is -0.116. The highest BCUT2D eigenvalue weighted by molar-refractivity contribution is 14.1. The van der Waals surface area contributed by atoms with Crippen LogP contribution in [0.2, 0.25) is 0 Å². The van der Waals surface area contributed by atoms with Gasteiger partial charge in [-0.25, -0.2) is 4.98 Å².